The quantitative estimate of drug-likeness (QED) is 0.823. The van der Waals surface area contributed by atoms with Crippen LogP contribution in [-0.4, -0.2) is 30.0 Å². The SMILES string of the molecule is COc1cc(Cl)cc(C[C@H](O)CO)c1OCc1ccccc1. The van der Waals surface area contributed by atoms with Gasteiger partial charge in [-0.2, -0.15) is 0 Å². The van der Waals surface area contributed by atoms with Crippen LogP contribution >= 0.6 is 11.6 Å². The molecule has 0 unspecified atom stereocenters. The molecule has 118 valence electrons. The molecule has 0 saturated heterocycles. The van der Waals surface area contributed by atoms with Gasteiger partial charge in [0.1, 0.15) is 6.61 Å². The van der Waals surface area contributed by atoms with Crippen molar-refractivity contribution in [3.05, 3.63) is 58.6 Å². The highest BCUT2D eigenvalue weighted by Crippen LogP contribution is 2.36. The van der Waals surface area contributed by atoms with E-state index in [-0.39, 0.29) is 13.0 Å². The number of benzene rings is 2. The number of hydrogen-bond donors (Lipinski definition) is 2. The first-order valence-electron chi connectivity index (χ1n) is 6.96. The Hall–Kier alpha value is -1.75. The molecule has 0 bridgehead atoms. The van der Waals surface area contributed by atoms with Crippen LogP contribution in [0.3, 0.4) is 0 Å². The van der Waals surface area contributed by atoms with Crippen molar-refractivity contribution in [1.82, 2.24) is 0 Å². The lowest BCUT2D eigenvalue weighted by Gasteiger charge is -2.17. The van der Waals surface area contributed by atoms with Crippen LogP contribution in [0.25, 0.3) is 0 Å². The molecule has 4 nitrogen and oxygen atoms in total. The largest absolute Gasteiger partial charge is 0.493 e. The summed E-state index contributed by atoms with van der Waals surface area (Å²) >= 11 is 6.06. The molecule has 0 fully saturated rings. The average Bonchev–Trinajstić information content (AvgIpc) is 2.54. The van der Waals surface area contributed by atoms with Gasteiger partial charge in [-0.3, -0.25) is 0 Å². The van der Waals surface area contributed by atoms with Gasteiger partial charge in [-0.15, -0.1) is 0 Å². The van der Waals surface area contributed by atoms with Gasteiger partial charge in [0.15, 0.2) is 11.5 Å². The Bertz CT molecular complexity index is 601. The molecular formula is C17H19ClO4. The van der Waals surface area contributed by atoms with E-state index in [4.69, 9.17) is 26.2 Å². The molecule has 2 aromatic rings. The zero-order chi connectivity index (χ0) is 15.9. The van der Waals surface area contributed by atoms with Gasteiger partial charge in [0.05, 0.1) is 19.8 Å². The van der Waals surface area contributed by atoms with Crippen molar-refractivity contribution in [2.45, 2.75) is 19.1 Å². The van der Waals surface area contributed by atoms with E-state index in [0.29, 0.717) is 28.7 Å². The van der Waals surface area contributed by atoms with Crippen molar-refractivity contribution in [3.8, 4) is 11.5 Å². The molecule has 0 amide bonds. The fraction of sp³-hybridized carbons (Fsp3) is 0.294. The minimum Gasteiger partial charge on any atom is -0.493 e. The number of rotatable bonds is 7. The van der Waals surface area contributed by atoms with Crippen molar-refractivity contribution in [1.29, 1.82) is 0 Å². The van der Waals surface area contributed by atoms with Gasteiger partial charge in [0.25, 0.3) is 0 Å². The number of methoxy groups -OCH3 is 1. The van der Waals surface area contributed by atoms with Crippen LogP contribution in [-0.2, 0) is 13.0 Å². The zero-order valence-electron chi connectivity index (χ0n) is 12.3. The Labute approximate surface area is 134 Å². The number of hydrogen-bond acceptors (Lipinski definition) is 4. The Morgan fingerprint density at radius 3 is 2.55 bits per heavy atom. The van der Waals surface area contributed by atoms with Crippen molar-refractivity contribution < 1.29 is 19.7 Å². The van der Waals surface area contributed by atoms with Gasteiger partial charge in [-0.25, -0.2) is 0 Å². The van der Waals surface area contributed by atoms with E-state index in [0.717, 1.165) is 5.56 Å². The maximum Gasteiger partial charge on any atom is 0.165 e. The third-order valence-corrected chi connectivity index (χ3v) is 3.43. The van der Waals surface area contributed by atoms with Crippen molar-refractivity contribution in [2.75, 3.05) is 13.7 Å². The van der Waals surface area contributed by atoms with Crippen LogP contribution in [0, 0.1) is 0 Å². The second-order valence-electron chi connectivity index (χ2n) is 4.91. The zero-order valence-corrected chi connectivity index (χ0v) is 13.1. The van der Waals surface area contributed by atoms with Crippen LogP contribution in [0.5, 0.6) is 11.5 Å². The van der Waals surface area contributed by atoms with Crippen LogP contribution in [0.2, 0.25) is 5.02 Å². The molecule has 0 saturated carbocycles. The summed E-state index contributed by atoms with van der Waals surface area (Å²) in [5, 5.41) is 19.2. The molecule has 0 aromatic heterocycles. The maximum atomic E-state index is 9.69. The van der Waals surface area contributed by atoms with Crippen molar-refractivity contribution in [2.24, 2.45) is 0 Å². The summed E-state index contributed by atoms with van der Waals surface area (Å²) in [6.07, 6.45) is -0.639. The van der Waals surface area contributed by atoms with E-state index < -0.39 is 6.10 Å². The lowest BCUT2D eigenvalue weighted by atomic mass is 10.1. The predicted molar refractivity (Wildman–Crippen MR) is 85.6 cm³/mol. The summed E-state index contributed by atoms with van der Waals surface area (Å²) in [6.45, 7) is 0.0496. The highest BCUT2D eigenvalue weighted by molar-refractivity contribution is 6.30. The number of aliphatic hydroxyl groups excluding tert-OH is 2. The molecule has 1 atom stereocenters. The summed E-state index contributed by atoms with van der Waals surface area (Å²) in [4.78, 5) is 0. The molecule has 22 heavy (non-hydrogen) atoms. The fourth-order valence-electron chi connectivity index (χ4n) is 2.14. The molecule has 0 aliphatic carbocycles. The van der Waals surface area contributed by atoms with E-state index in [9.17, 15) is 5.11 Å². The first kappa shape index (κ1) is 16.6. The first-order chi connectivity index (χ1) is 10.6. The minimum absolute atomic E-state index is 0.234. The molecule has 0 aliphatic rings. The topological polar surface area (TPSA) is 58.9 Å². The van der Waals surface area contributed by atoms with Gasteiger partial charge in [0, 0.05) is 23.1 Å². The van der Waals surface area contributed by atoms with Crippen LogP contribution < -0.4 is 9.47 Å². The van der Waals surface area contributed by atoms with E-state index in [1.165, 1.54) is 7.11 Å². The third kappa shape index (κ3) is 4.37. The number of halogens is 1. The Morgan fingerprint density at radius 1 is 1.18 bits per heavy atom. The highest BCUT2D eigenvalue weighted by atomic mass is 35.5. The van der Waals surface area contributed by atoms with Gasteiger partial charge in [-0.05, 0) is 11.6 Å². The van der Waals surface area contributed by atoms with E-state index >= 15 is 0 Å². The predicted octanol–water partition coefficient (Wildman–Crippen LogP) is 2.82. The first-order valence-corrected chi connectivity index (χ1v) is 7.34. The summed E-state index contributed by atoms with van der Waals surface area (Å²) in [6, 6.07) is 13.1. The van der Waals surface area contributed by atoms with Crippen molar-refractivity contribution >= 4 is 11.6 Å². The van der Waals surface area contributed by atoms with Crippen LogP contribution in [0.15, 0.2) is 42.5 Å². The highest BCUT2D eigenvalue weighted by Gasteiger charge is 2.16. The van der Waals surface area contributed by atoms with Gasteiger partial charge in [0.2, 0.25) is 0 Å². The molecule has 2 N–H and O–H groups in total. The molecular weight excluding hydrogens is 304 g/mol. The second-order valence-corrected chi connectivity index (χ2v) is 5.35. The fourth-order valence-corrected chi connectivity index (χ4v) is 2.37. The molecule has 5 heteroatoms. The second kappa shape index (κ2) is 8.03. The molecule has 0 aliphatic heterocycles. The molecule has 0 heterocycles. The molecule has 0 spiro atoms. The molecule has 2 aromatic carbocycles. The Morgan fingerprint density at radius 2 is 1.91 bits per heavy atom. The summed E-state index contributed by atoms with van der Waals surface area (Å²) < 4.78 is 11.2. The Balaban J connectivity index is 2.26. The monoisotopic (exact) mass is 322 g/mol. The number of ether oxygens (including phenoxy) is 2. The van der Waals surface area contributed by atoms with Gasteiger partial charge < -0.3 is 19.7 Å². The lowest BCUT2D eigenvalue weighted by molar-refractivity contribution is 0.0946. The van der Waals surface area contributed by atoms with E-state index in [2.05, 4.69) is 0 Å². The van der Waals surface area contributed by atoms with E-state index in [1.54, 1.807) is 12.1 Å². The third-order valence-electron chi connectivity index (χ3n) is 3.21. The van der Waals surface area contributed by atoms with Crippen LogP contribution in [0.4, 0.5) is 0 Å². The van der Waals surface area contributed by atoms with Crippen molar-refractivity contribution in [3.63, 3.8) is 0 Å². The standard InChI is InChI=1S/C17H19ClO4/c1-21-16-9-14(18)7-13(8-15(20)10-19)17(16)22-11-12-5-3-2-4-6-12/h2-7,9,15,19-20H,8,10-11H2,1H3/t15-/m0/s1. The summed E-state index contributed by atoms with van der Waals surface area (Å²) in [5.74, 6) is 1.03. The smallest absolute Gasteiger partial charge is 0.165 e. The molecule has 2 rings (SSSR count). The minimum atomic E-state index is -0.873. The Kier molecular flexibility index (Phi) is 6.07. The van der Waals surface area contributed by atoms with E-state index in [1.807, 2.05) is 30.3 Å². The summed E-state index contributed by atoms with van der Waals surface area (Å²) in [7, 11) is 1.54. The van der Waals surface area contributed by atoms with Gasteiger partial charge >= 0.3 is 0 Å². The summed E-state index contributed by atoms with van der Waals surface area (Å²) in [5.41, 5.74) is 1.72. The lowest BCUT2D eigenvalue weighted by Crippen LogP contribution is -2.16. The maximum absolute atomic E-state index is 9.69. The normalized spacial score (nSPS) is 12.0. The number of aliphatic hydroxyl groups is 2. The average molecular weight is 323 g/mol. The van der Waals surface area contributed by atoms with Gasteiger partial charge in [-0.1, -0.05) is 41.9 Å². The molecule has 0 radical (unpaired) electrons. The van der Waals surface area contributed by atoms with Crippen LogP contribution in [0.1, 0.15) is 11.1 Å².